The Morgan fingerprint density at radius 1 is 0.935 bits per heavy atom. The van der Waals surface area contributed by atoms with Gasteiger partial charge in [-0.25, -0.2) is 0 Å². The third-order valence-electron chi connectivity index (χ3n) is 4.78. The van der Waals surface area contributed by atoms with Crippen LogP contribution in [0.5, 0.6) is 0 Å². The van der Waals surface area contributed by atoms with Crippen molar-refractivity contribution in [1.82, 2.24) is 15.8 Å². The van der Waals surface area contributed by atoms with Crippen LogP contribution in [0.4, 0.5) is 0 Å². The highest BCUT2D eigenvalue weighted by atomic mass is 32.1. The highest BCUT2D eigenvalue weighted by molar-refractivity contribution is 7.80. The van der Waals surface area contributed by atoms with Crippen molar-refractivity contribution in [3.8, 4) is 28.2 Å². The summed E-state index contributed by atoms with van der Waals surface area (Å²) in [5.74, 6) is 0. The van der Waals surface area contributed by atoms with E-state index in [1.54, 1.807) is 6.21 Å². The summed E-state index contributed by atoms with van der Waals surface area (Å²) in [6.07, 6.45) is 1.75. The summed E-state index contributed by atoms with van der Waals surface area (Å²) in [6.45, 7) is 2.75. The molecule has 1 heterocycles. The maximum absolute atomic E-state index is 5.11. The fourth-order valence-corrected chi connectivity index (χ4v) is 3.48. The molecule has 3 aromatic carbocycles. The van der Waals surface area contributed by atoms with E-state index in [2.05, 4.69) is 80.2 Å². The first-order valence-electron chi connectivity index (χ1n) is 10.2. The minimum atomic E-state index is 0.512. The van der Waals surface area contributed by atoms with E-state index in [9.17, 15) is 0 Å². The second-order valence-corrected chi connectivity index (χ2v) is 7.35. The van der Waals surface area contributed by atoms with Crippen LogP contribution in [0.25, 0.3) is 28.2 Å². The Morgan fingerprint density at radius 2 is 1.58 bits per heavy atom. The molecule has 4 rings (SSSR count). The molecule has 3 N–H and O–H groups in total. The zero-order valence-electron chi connectivity index (χ0n) is 17.2. The molecule has 0 bridgehead atoms. The van der Waals surface area contributed by atoms with Crippen molar-refractivity contribution in [2.45, 2.75) is 6.92 Å². The van der Waals surface area contributed by atoms with E-state index in [4.69, 9.17) is 12.2 Å². The van der Waals surface area contributed by atoms with E-state index in [0.717, 1.165) is 40.3 Å². The monoisotopic (exact) mass is 426 g/mol. The number of benzene rings is 3. The summed E-state index contributed by atoms with van der Waals surface area (Å²) in [5, 5.41) is 11.2. The van der Waals surface area contributed by atoms with E-state index >= 15 is 0 Å². The van der Waals surface area contributed by atoms with Crippen LogP contribution in [0.3, 0.4) is 0 Å². The standard InChI is InChI=1S/C25H23N5S/c1-2-26-25(31)28-27-18-19-13-15-22(16-14-19)30-24(21-11-7-4-8-12-21)17-23(29-30)20-9-5-3-6-10-20/h3-18H,2H2,1H3,(H2,26,28,31)/p+1. The van der Waals surface area contributed by atoms with Gasteiger partial charge in [-0.2, -0.15) is 10.2 Å². The van der Waals surface area contributed by atoms with Gasteiger partial charge in [0.1, 0.15) is 5.69 Å². The molecular weight excluding hydrogens is 402 g/mol. The highest BCUT2D eigenvalue weighted by Crippen LogP contribution is 2.23. The van der Waals surface area contributed by atoms with Gasteiger partial charge >= 0.3 is 0 Å². The molecule has 6 heteroatoms. The molecule has 1 aromatic heterocycles. The van der Waals surface area contributed by atoms with Gasteiger partial charge in [-0.1, -0.05) is 53.2 Å². The average molecular weight is 427 g/mol. The van der Waals surface area contributed by atoms with Crippen LogP contribution in [0.15, 0.2) is 96.1 Å². The smallest absolute Gasteiger partial charge is 0.245 e. The highest BCUT2D eigenvalue weighted by Gasteiger charge is 2.21. The normalized spacial score (nSPS) is 10.9. The number of nitrogens with zero attached hydrogens (tertiary/aromatic N) is 2. The Kier molecular flexibility index (Phi) is 6.50. The Morgan fingerprint density at radius 3 is 2.23 bits per heavy atom. The second-order valence-electron chi connectivity index (χ2n) is 6.94. The SMILES string of the molecule is CCNC(=S)NN=Cc1ccc(-[n+]2[nH]c(-c3ccccc3)cc2-c2ccccc2)cc1. The molecule has 0 radical (unpaired) electrons. The van der Waals surface area contributed by atoms with Crippen molar-refractivity contribution in [3.05, 3.63) is 96.6 Å². The largest absolute Gasteiger partial charge is 0.362 e. The quantitative estimate of drug-likeness (QED) is 0.185. The summed E-state index contributed by atoms with van der Waals surface area (Å²) in [6, 6.07) is 31.1. The zero-order valence-corrected chi connectivity index (χ0v) is 18.1. The number of H-pyrrole nitrogens is 1. The van der Waals surface area contributed by atoms with Crippen LogP contribution in [-0.2, 0) is 0 Å². The second kappa shape index (κ2) is 9.82. The maximum atomic E-state index is 5.11. The van der Waals surface area contributed by atoms with E-state index in [1.165, 1.54) is 0 Å². The molecule has 0 saturated carbocycles. The first-order chi connectivity index (χ1) is 15.2. The van der Waals surface area contributed by atoms with Gasteiger partial charge in [0.2, 0.25) is 11.4 Å². The van der Waals surface area contributed by atoms with Crippen molar-refractivity contribution >= 4 is 23.5 Å². The van der Waals surface area contributed by atoms with Gasteiger partial charge in [-0.15, -0.1) is 0 Å². The Balaban J connectivity index is 1.64. The lowest BCUT2D eigenvalue weighted by molar-refractivity contribution is -0.643. The van der Waals surface area contributed by atoms with Crippen molar-refractivity contribution < 1.29 is 4.68 Å². The fourth-order valence-electron chi connectivity index (χ4n) is 3.28. The number of hydrogen-bond donors (Lipinski definition) is 3. The van der Waals surface area contributed by atoms with Crippen molar-refractivity contribution in [3.63, 3.8) is 0 Å². The van der Waals surface area contributed by atoms with E-state index in [-0.39, 0.29) is 0 Å². The Bertz CT molecular complexity index is 1170. The van der Waals surface area contributed by atoms with Crippen LogP contribution in [-0.4, -0.2) is 23.0 Å². The number of hydrogen-bond acceptors (Lipinski definition) is 2. The third kappa shape index (κ3) is 5.05. The van der Waals surface area contributed by atoms with Gasteiger partial charge in [-0.3, -0.25) is 5.43 Å². The molecule has 0 aliphatic heterocycles. The predicted octanol–water partition coefficient (Wildman–Crippen LogP) is 4.44. The van der Waals surface area contributed by atoms with Gasteiger partial charge in [0.25, 0.3) is 0 Å². The lowest BCUT2D eigenvalue weighted by atomic mass is 10.1. The van der Waals surface area contributed by atoms with Crippen LogP contribution < -0.4 is 15.4 Å². The molecule has 0 saturated heterocycles. The van der Waals surface area contributed by atoms with Crippen LogP contribution in [0, 0.1) is 0 Å². The van der Waals surface area contributed by atoms with E-state index in [1.807, 2.05) is 43.3 Å². The topological polar surface area (TPSA) is 56.1 Å². The molecule has 0 aliphatic carbocycles. The molecule has 0 atom stereocenters. The Hall–Kier alpha value is -3.77. The third-order valence-corrected chi connectivity index (χ3v) is 5.01. The van der Waals surface area contributed by atoms with Crippen LogP contribution in [0.1, 0.15) is 12.5 Å². The summed E-state index contributed by atoms with van der Waals surface area (Å²) in [4.78, 5) is 0. The Labute approximate surface area is 187 Å². The van der Waals surface area contributed by atoms with E-state index in [0.29, 0.717) is 5.11 Å². The number of thiocarbonyl (C=S) groups is 1. The van der Waals surface area contributed by atoms with Crippen molar-refractivity contribution in [2.24, 2.45) is 5.10 Å². The van der Waals surface area contributed by atoms with Crippen molar-refractivity contribution in [1.29, 1.82) is 0 Å². The summed E-state index contributed by atoms with van der Waals surface area (Å²) in [5.41, 5.74) is 9.27. The molecule has 31 heavy (non-hydrogen) atoms. The lowest BCUT2D eigenvalue weighted by Gasteiger charge is -2.02. The first-order valence-corrected chi connectivity index (χ1v) is 10.6. The number of aromatic amines is 1. The van der Waals surface area contributed by atoms with Crippen LogP contribution >= 0.6 is 12.2 Å². The molecule has 0 amide bonds. The molecule has 0 aliphatic rings. The molecule has 154 valence electrons. The predicted molar refractivity (Wildman–Crippen MR) is 130 cm³/mol. The average Bonchev–Trinajstić information content (AvgIpc) is 3.26. The number of nitrogens with one attached hydrogen (secondary N) is 3. The molecule has 4 aromatic rings. The minimum absolute atomic E-state index is 0.512. The molecule has 0 unspecified atom stereocenters. The van der Waals surface area contributed by atoms with Gasteiger partial charge in [0.15, 0.2) is 5.11 Å². The molecular formula is C25H24N5S+. The molecule has 0 spiro atoms. The van der Waals surface area contributed by atoms with Gasteiger partial charge in [0, 0.05) is 35.9 Å². The van der Waals surface area contributed by atoms with Gasteiger partial charge in [0.05, 0.1) is 6.21 Å². The van der Waals surface area contributed by atoms with Gasteiger partial charge < -0.3 is 5.32 Å². The number of aromatic nitrogens is 2. The summed E-state index contributed by atoms with van der Waals surface area (Å²) < 4.78 is 2.11. The summed E-state index contributed by atoms with van der Waals surface area (Å²) >= 11 is 5.11. The van der Waals surface area contributed by atoms with Gasteiger partial charge in [-0.05, 0) is 49.0 Å². The molecule has 5 nitrogen and oxygen atoms in total. The minimum Gasteiger partial charge on any atom is -0.362 e. The van der Waals surface area contributed by atoms with Crippen LogP contribution in [0.2, 0.25) is 0 Å². The fraction of sp³-hybridized carbons (Fsp3) is 0.0800. The summed E-state index contributed by atoms with van der Waals surface area (Å²) in [7, 11) is 0. The number of hydrazone groups is 1. The molecule has 0 fully saturated rings. The lowest BCUT2D eigenvalue weighted by Crippen LogP contribution is -2.34. The number of rotatable bonds is 6. The van der Waals surface area contributed by atoms with E-state index < -0.39 is 0 Å². The van der Waals surface area contributed by atoms with Crippen molar-refractivity contribution in [2.75, 3.05) is 6.54 Å². The maximum Gasteiger partial charge on any atom is 0.245 e. The first kappa shape index (κ1) is 20.5. The zero-order chi connectivity index (χ0) is 21.5.